The highest BCUT2D eigenvalue weighted by Crippen LogP contribution is 2.69. The maximum Gasteiger partial charge on any atom is 0.497 e. The molecule has 0 heterocycles. The van der Waals surface area contributed by atoms with Crippen LogP contribution in [0.3, 0.4) is 0 Å². The summed E-state index contributed by atoms with van der Waals surface area (Å²) < 4.78 is 342. The summed E-state index contributed by atoms with van der Waals surface area (Å²) in [5.41, 5.74) is -27.8. The Balaban J connectivity index is 0.00000174. The molecule has 14 bridgehead atoms. The van der Waals surface area contributed by atoms with Gasteiger partial charge in [-0.2, -0.15) is 92.2 Å². The summed E-state index contributed by atoms with van der Waals surface area (Å²) in [5, 5.41) is 38.4. The van der Waals surface area contributed by atoms with Gasteiger partial charge in [-0.05, 0) is 337 Å². The molecule has 18 nitrogen and oxygen atoms in total. The van der Waals surface area contributed by atoms with Crippen LogP contribution in [-0.2, 0) is 67.4 Å². The summed E-state index contributed by atoms with van der Waals surface area (Å²) in [4.78, 5) is 75.5. The molecule has 4 N–H and O–H groups in total. The average Bonchev–Trinajstić information content (AvgIpc) is 1.71. The number of fused-ring (bicyclic) bond motifs is 6. The van der Waals surface area contributed by atoms with Crippen molar-refractivity contribution in [3.8, 4) is 0 Å². The molecule has 0 aromatic carbocycles. The van der Waals surface area contributed by atoms with E-state index in [1.54, 1.807) is 34.6 Å². The number of hydrogen-bond donors (Lipinski definition) is 4. The van der Waals surface area contributed by atoms with E-state index >= 15 is 0 Å². The topological polar surface area (TPSA) is 289 Å². The molecule has 15 aliphatic carbocycles. The van der Waals surface area contributed by atoms with Crippen molar-refractivity contribution in [2.45, 2.75) is 459 Å². The molecule has 0 aromatic rings. The summed E-state index contributed by atoms with van der Waals surface area (Å²) in [7, 11) is -7.53. The highest BCUT2D eigenvalue weighted by molar-refractivity contribution is 7.92. The van der Waals surface area contributed by atoms with Crippen LogP contribution in [0.2, 0.25) is 0 Å². The van der Waals surface area contributed by atoms with Crippen LogP contribution in [0.15, 0.2) is 0 Å². The Morgan fingerprint density at radius 2 is 0.799 bits per heavy atom. The molecule has 144 heavy (non-hydrogen) atoms. The van der Waals surface area contributed by atoms with Gasteiger partial charge < -0.3 is 39.4 Å². The van der Waals surface area contributed by atoms with Gasteiger partial charge in [0.25, 0.3) is 11.2 Å². The second kappa shape index (κ2) is 46.8. The predicted octanol–water partition coefficient (Wildman–Crippen LogP) is 27.8. The van der Waals surface area contributed by atoms with E-state index in [-0.39, 0.29) is 159 Å². The lowest BCUT2D eigenvalue weighted by molar-refractivity contribution is -0.374. The minimum atomic E-state index is -5.69. The molecule has 18 atom stereocenters. The standard InChI is InChI=1S/C28H42O6S.C18H28F6O4.C18H27F3O4S.C13H18F6O.C11H14F6O.C7H14O2.8CH4/c1-6-24(2,3)23(31)34-27-13-18-9-19(14-27)12-26(11-18,16-27)22(30)15-35(32,33)17-28-8-7-20(10-21(28)29)25(28,4)5;1-6-14(2,3)13(25)28-12-8-10(15(4,26)17(19,20)21)7-11(9-12)16(5,27)18(22,23)24;1-4-15(2,3)14(22)25-17-8-12-5-13(9-17)7-16(6-12,10-17)11-26(23,24)18(19,20)21;1-6-7(2)10-4-8(6)3-9(10)5-11(20,12(14,15)16)13(17,18)19;12-10(13,14)9(18,11(15,16)17)5-8-4-6-1-2-7(8)3-6;1-5-7(2,3)6(8)9-4;;;;;;;;/h18-20H,6-17H2,1-5H3;10-12,26-27H,6-9H2,1-5H3;12-13H,4-11H2,1-3H3;6-10,20H,3-5H2,1-2H3;6-8,18H,1-5H2;5H2,1-4H3;8*1H4. The van der Waals surface area contributed by atoms with Crippen molar-refractivity contribution in [1.82, 2.24) is 0 Å². The SMILES string of the molecule is C.C.C.C.C.C.C.C.CC1C2CC(CC(O)(C(F)(F)F)C(F)(F)F)C(C2)C1C.CCC(C)(C)C(=O)OC.CCC(C)(C)C(=O)OC12CC3CC(C1)CC(C(=O)CS(=O)(=O)CC14CCC(CC1=O)C4(C)C)(C3)C2.CCC(C)(C)C(=O)OC12CC3CC(CC(CS(=O)(=O)C(F)(F)F)(C3)C1)C2.CCC(C)(C)C(=O)OC1CC(C(C)(O)C(F)(F)F)CC(C(C)(O)C(F)(F)F)C1.OC(CC1CC2CCC1C2)(C(F)(F)F)C(F)(F)F. The second-order valence-electron chi connectivity index (χ2n) is 47.0. The lowest BCUT2D eigenvalue weighted by Crippen LogP contribution is -2.61. The number of Topliss-reactive ketones (excluding diaryl/α,β-unsaturated/α-hetero) is 2. The molecule has 0 aromatic heterocycles. The third-order valence-corrected chi connectivity index (χ3v) is 39.0. The van der Waals surface area contributed by atoms with Crippen LogP contribution >= 0.6 is 0 Å². The molecule has 15 saturated carbocycles. The molecule has 15 fully saturated rings. The van der Waals surface area contributed by atoms with Gasteiger partial charge in [0.15, 0.2) is 26.8 Å². The number of esters is 4. The fourth-order valence-electron chi connectivity index (χ4n) is 25.7. The van der Waals surface area contributed by atoms with E-state index in [0.717, 1.165) is 44.9 Å². The van der Waals surface area contributed by atoms with Crippen molar-refractivity contribution in [1.29, 1.82) is 0 Å². The van der Waals surface area contributed by atoms with E-state index in [1.807, 2.05) is 76.2 Å². The summed E-state index contributed by atoms with van der Waals surface area (Å²) in [6.07, 6.45) is -22.5. The Morgan fingerprint density at radius 3 is 1.12 bits per heavy atom. The molecule has 0 saturated heterocycles. The van der Waals surface area contributed by atoms with Crippen molar-refractivity contribution in [2.75, 3.05) is 24.4 Å². The number of rotatable bonds is 24. The highest BCUT2D eigenvalue weighted by atomic mass is 32.2. The van der Waals surface area contributed by atoms with E-state index < -0.39 is 208 Å². The highest BCUT2D eigenvalue weighted by Gasteiger charge is 2.75. The number of hydrogen-bond acceptors (Lipinski definition) is 18. The first kappa shape index (κ1) is 139. The average molecular weight is 2160 g/mol. The molecular weight excluding hydrogens is 1990 g/mol. The van der Waals surface area contributed by atoms with Gasteiger partial charge in [0, 0.05) is 29.1 Å². The smallest absolute Gasteiger partial charge is 0.469 e. The van der Waals surface area contributed by atoms with Gasteiger partial charge >= 0.3 is 66.4 Å². The van der Waals surface area contributed by atoms with E-state index in [2.05, 4.69) is 4.74 Å². The maximum absolute atomic E-state index is 13.8. The van der Waals surface area contributed by atoms with Gasteiger partial charge in [-0.25, -0.2) is 16.8 Å². The van der Waals surface area contributed by atoms with Gasteiger partial charge in [-0.15, -0.1) is 0 Å². The summed E-state index contributed by atoms with van der Waals surface area (Å²) in [6.45, 7) is 30.6. The van der Waals surface area contributed by atoms with Gasteiger partial charge in [0.2, 0.25) is 9.84 Å². The van der Waals surface area contributed by atoms with E-state index in [1.165, 1.54) is 7.11 Å². The zero-order valence-corrected chi connectivity index (χ0v) is 83.0. The van der Waals surface area contributed by atoms with Crippen molar-refractivity contribution >= 4 is 55.1 Å². The molecule has 0 amide bonds. The number of ether oxygens (including phenoxy) is 4. The zero-order valence-electron chi connectivity index (χ0n) is 81.3. The molecular formula is C103H175F21O18S2. The number of carbonyl (C=O) groups excluding carboxylic acids is 6. The predicted molar refractivity (Wildman–Crippen MR) is 510 cm³/mol. The monoisotopic (exact) mass is 2160 g/mol. The Hall–Kier alpha value is -4.51. The summed E-state index contributed by atoms with van der Waals surface area (Å²) >= 11 is 0. The van der Waals surface area contributed by atoms with Crippen LogP contribution in [0, 0.1) is 132 Å². The molecule has 18 unspecified atom stereocenters. The van der Waals surface area contributed by atoms with Crippen LogP contribution in [0.4, 0.5) is 92.2 Å². The summed E-state index contributed by atoms with van der Waals surface area (Å²) in [6, 6.07) is 0. The Labute approximate surface area is 843 Å². The van der Waals surface area contributed by atoms with Crippen LogP contribution in [0.1, 0.15) is 377 Å². The molecule has 0 aliphatic heterocycles. The zero-order chi connectivity index (χ0) is 104. The van der Waals surface area contributed by atoms with E-state index in [0.29, 0.717) is 141 Å². The normalized spacial score (nSPS) is 32.6. The first-order chi connectivity index (χ1) is 61.0. The lowest BCUT2D eigenvalue weighted by atomic mass is 9.47. The fourth-order valence-corrected chi connectivity index (χ4v) is 29.3. The molecule has 854 valence electrons. The second-order valence-corrected chi connectivity index (χ2v) is 51.0. The largest absolute Gasteiger partial charge is 0.497 e. The fraction of sp³-hybridized carbons (Fsp3) is 0.942. The maximum atomic E-state index is 13.8. The van der Waals surface area contributed by atoms with Crippen molar-refractivity contribution in [3.05, 3.63) is 0 Å². The van der Waals surface area contributed by atoms with Gasteiger partial charge in [-0.3, -0.25) is 28.8 Å². The third-order valence-electron chi connectivity index (χ3n) is 35.7. The number of methoxy groups -OCH3 is 1. The van der Waals surface area contributed by atoms with Crippen molar-refractivity contribution < 1.29 is 177 Å². The van der Waals surface area contributed by atoms with Crippen LogP contribution in [0.25, 0.3) is 0 Å². The molecule has 15 aliphatic rings. The Kier molecular flexibility index (Phi) is 45.3. The van der Waals surface area contributed by atoms with Crippen molar-refractivity contribution in [3.63, 3.8) is 0 Å². The number of ketones is 2. The minimum Gasteiger partial charge on any atom is -0.469 e. The third kappa shape index (κ3) is 28.6. The number of alkyl halides is 21. The number of sulfone groups is 2. The lowest BCUT2D eigenvalue weighted by Gasteiger charge is -2.61. The van der Waals surface area contributed by atoms with Gasteiger partial charge in [0.05, 0.1) is 40.3 Å². The Bertz CT molecular complexity index is 4390. The van der Waals surface area contributed by atoms with Crippen molar-refractivity contribution in [2.24, 2.45) is 132 Å². The van der Waals surface area contributed by atoms with Crippen LogP contribution in [-0.4, -0.2) is 179 Å². The quantitative estimate of drug-likeness (QED) is 0.0397. The molecule has 0 radical (unpaired) electrons. The first-order valence-electron chi connectivity index (χ1n) is 47.7. The number of carbonyl (C=O) groups is 6. The number of aliphatic hydroxyl groups is 4. The van der Waals surface area contributed by atoms with Gasteiger partial charge in [-0.1, -0.05) is 121 Å². The van der Waals surface area contributed by atoms with E-state index in [4.69, 9.17) is 19.3 Å². The number of halogens is 21. The Morgan fingerprint density at radius 1 is 0.417 bits per heavy atom. The molecule has 41 heteroatoms. The van der Waals surface area contributed by atoms with Crippen LogP contribution < -0.4 is 0 Å². The van der Waals surface area contributed by atoms with Gasteiger partial charge in [0.1, 0.15) is 28.8 Å². The molecule has 15 rings (SSSR count). The first-order valence-corrected chi connectivity index (χ1v) is 51.1. The van der Waals surface area contributed by atoms with E-state index in [9.17, 15) is 153 Å². The summed E-state index contributed by atoms with van der Waals surface area (Å²) in [5.74, 6) is -6.16. The minimum absolute atomic E-state index is 0. The van der Waals surface area contributed by atoms with Crippen LogP contribution in [0.5, 0.6) is 0 Å². The molecule has 0 spiro atoms.